The third kappa shape index (κ3) is 5.34. The molecule has 0 spiro atoms. The summed E-state index contributed by atoms with van der Waals surface area (Å²) in [5.74, 6) is -0.824. The van der Waals surface area contributed by atoms with E-state index in [0.29, 0.717) is 45.6 Å². The van der Waals surface area contributed by atoms with Gasteiger partial charge in [0.2, 0.25) is 0 Å². The number of nitrogens with one attached hydrogen (secondary N) is 2. The van der Waals surface area contributed by atoms with Gasteiger partial charge in [0.25, 0.3) is 0 Å². The standard InChI is InChI=1S/C13H24N2O5/c1-19-8-9-20-7-3-6-14-12(18)15-10-13(11(16)17)4-2-5-13/h2-10H2,1H3,(H,16,17)(H2,14,15,18). The van der Waals surface area contributed by atoms with Crippen molar-refractivity contribution < 1.29 is 24.2 Å². The number of amides is 2. The second-order valence-corrected chi connectivity index (χ2v) is 5.01. The van der Waals surface area contributed by atoms with Gasteiger partial charge >= 0.3 is 12.0 Å². The van der Waals surface area contributed by atoms with Gasteiger partial charge in [0.15, 0.2) is 0 Å². The summed E-state index contributed by atoms with van der Waals surface area (Å²) in [6.07, 6.45) is 2.89. The van der Waals surface area contributed by atoms with Crippen molar-refractivity contribution in [1.82, 2.24) is 10.6 Å². The summed E-state index contributed by atoms with van der Waals surface area (Å²) in [5.41, 5.74) is -0.749. The highest BCUT2D eigenvalue weighted by Gasteiger charge is 2.44. The highest BCUT2D eigenvalue weighted by atomic mass is 16.5. The van der Waals surface area contributed by atoms with Crippen LogP contribution in [-0.4, -0.2) is 57.1 Å². The molecule has 7 nitrogen and oxygen atoms in total. The van der Waals surface area contributed by atoms with E-state index in [-0.39, 0.29) is 12.6 Å². The molecule has 0 saturated heterocycles. The fraction of sp³-hybridized carbons (Fsp3) is 0.846. The third-order valence-corrected chi connectivity index (χ3v) is 3.53. The number of aliphatic carboxylic acids is 1. The molecular formula is C13H24N2O5. The van der Waals surface area contributed by atoms with Crippen LogP contribution in [0, 0.1) is 5.41 Å². The fourth-order valence-electron chi connectivity index (χ4n) is 2.00. The van der Waals surface area contributed by atoms with Crippen LogP contribution in [0.3, 0.4) is 0 Å². The van der Waals surface area contributed by atoms with E-state index in [1.807, 2.05) is 0 Å². The van der Waals surface area contributed by atoms with Crippen LogP contribution in [-0.2, 0) is 14.3 Å². The summed E-state index contributed by atoms with van der Waals surface area (Å²) in [5, 5.41) is 14.4. The zero-order chi connectivity index (χ0) is 14.8. The normalized spacial score (nSPS) is 16.2. The Labute approximate surface area is 119 Å². The van der Waals surface area contributed by atoms with Gasteiger partial charge in [-0.15, -0.1) is 0 Å². The lowest BCUT2D eigenvalue weighted by molar-refractivity contribution is -0.153. The first kappa shape index (κ1) is 16.7. The molecule has 1 aliphatic rings. The van der Waals surface area contributed by atoms with Gasteiger partial charge < -0.3 is 25.2 Å². The van der Waals surface area contributed by atoms with Crippen LogP contribution in [0.4, 0.5) is 4.79 Å². The number of hydrogen-bond donors (Lipinski definition) is 3. The largest absolute Gasteiger partial charge is 0.481 e. The molecule has 0 aromatic carbocycles. The van der Waals surface area contributed by atoms with Crippen LogP contribution in [0.2, 0.25) is 0 Å². The van der Waals surface area contributed by atoms with Gasteiger partial charge in [-0.25, -0.2) is 4.79 Å². The molecular weight excluding hydrogens is 264 g/mol. The molecule has 3 N–H and O–H groups in total. The zero-order valence-electron chi connectivity index (χ0n) is 11.9. The Balaban J connectivity index is 2.02. The molecule has 0 aliphatic heterocycles. The van der Waals surface area contributed by atoms with E-state index in [2.05, 4.69) is 10.6 Å². The van der Waals surface area contributed by atoms with E-state index < -0.39 is 11.4 Å². The Hall–Kier alpha value is -1.34. The minimum absolute atomic E-state index is 0.193. The predicted octanol–water partition coefficient (Wildman–Crippen LogP) is 0.594. The van der Waals surface area contributed by atoms with E-state index >= 15 is 0 Å². The molecule has 1 aliphatic carbocycles. The first-order valence-corrected chi connectivity index (χ1v) is 6.92. The van der Waals surface area contributed by atoms with Gasteiger partial charge in [-0.05, 0) is 19.3 Å². The number of methoxy groups -OCH3 is 1. The number of urea groups is 1. The second kappa shape index (κ2) is 8.76. The average molecular weight is 288 g/mol. The maximum atomic E-state index is 11.5. The van der Waals surface area contributed by atoms with E-state index in [4.69, 9.17) is 14.6 Å². The van der Waals surface area contributed by atoms with Crippen molar-refractivity contribution >= 4 is 12.0 Å². The Morgan fingerprint density at radius 2 is 1.95 bits per heavy atom. The number of carboxylic acids is 1. The van der Waals surface area contributed by atoms with Gasteiger partial charge in [-0.3, -0.25) is 4.79 Å². The smallest absolute Gasteiger partial charge is 0.314 e. The van der Waals surface area contributed by atoms with Crippen molar-refractivity contribution in [3.05, 3.63) is 0 Å². The van der Waals surface area contributed by atoms with Crippen LogP contribution in [0.15, 0.2) is 0 Å². The monoisotopic (exact) mass is 288 g/mol. The second-order valence-electron chi connectivity index (χ2n) is 5.01. The van der Waals surface area contributed by atoms with Crippen molar-refractivity contribution in [2.75, 3.05) is 40.0 Å². The molecule has 7 heteroatoms. The zero-order valence-corrected chi connectivity index (χ0v) is 11.9. The quantitative estimate of drug-likeness (QED) is 0.511. The molecule has 0 bridgehead atoms. The van der Waals surface area contributed by atoms with Gasteiger partial charge in [0, 0.05) is 26.8 Å². The minimum atomic E-state index is -0.824. The first-order valence-electron chi connectivity index (χ1n) is 6.92. The topological polar surface area (TPSA) is 96.9 Å². The number of carbonyl (C=O) groups excluding carboxylic acids is 1. The molecule has 0 heterocycles. The van der Waals surface area contributed by atoms with Crippen molar-refractivity contribution in [2.24, 2.45) is 5.41 Å². The molecule has 116 valence electrons. The van der Waals surface area contributed by atoms with Gasteiger partial charge in [0.05, 0.1) is 18.6 Å². The Bertz CT molecular complexity index is 318. The molecule has 2 amide bonds. The lowest BCUT2D eigenvalue weighted by Crippen LogP contribution is -2.49. The maximum Gasteiger partial charge on any atom is 0.314 e. The fourth-order valence-corrected chi connectivity index (χ4v) is 2.00. The highest BCUT2D eigenvalue weighted by Crippen LogP contribution is 2.40. The molecule has 1 saturated carbocycles. The average Bonchev–Trinajstić information content (AvgIpc) is 2.36. The minimum Gasteiger partial charge on any atom is -0.481 e. The summed E-state index contributed by atoms with van der Waals surface area (Å²) in [6.45, 7) is 2.36. The van der Waals surface area contributed by atoms with Crippen molar-refractivity contribution in [1.29, 1.82) is 0 Å². The van der Waals surface area contributed by atoms with Crippen LogP contribution >= 0.6 is 0 Å². The van der Waals surface area contributed by atoms with Crippen molar-refractivity contribution in [3.8, 4) is 0 Å². The Morgan fingerprint density at radius 3 is 2.50 bits per heavy atom. The van der Waals surface area contributed by atoms with E-state index in [9.17, 15) is 9.59 Å². The van der Waals surface area contributed by atoms with Crippen molar-refractivity contribution in [2.45, 2.75) is 25.7 Å². The molecule has 0 atom stereocenters. The van der Waals surface area contributed by atoms with Crippen LogP contribution in [0.1, 0.15) is 25.7 Å². The highest BCUT2D eigenvalue weighted by molar-refractivity contribution is 5.78. The molecule has 1 fully saturated rings. The van der Waals surface area contributed by atoms with Crippen LogP contribution in [0.5, 0.6) is 0 Å². The SMILES string of the molecule is COCCOCCCNC(=O)NCC1(C(=O)O)CCC1. The molecule has 0 aromatic heterocycles. The molecule has 1 rings (SSSR count). The van der Waals surface area contributed by atoms with Gasteiger partial charge in [-0.2, -0.15) is 0 Å². The van der Waals surface area contributed by atoms with Crippen LogP contribution < -0.4 is 10.6 Å². The first-order chi connectivity index (χ1) is 9.60. The lowest BCUT2D eigenvalue weighted by Gasteiger charge is -2.37. The molecule has 0 radical (unpaired) electrons. The molecule has 0 unspecified atom stereocenters. The molecule has 0 aromatic rings. The van der Waals surface area contributed by atoms with E-state index in [1.54, 1.807) is 7.11 Å². The van der Waals surface area contributed by atoms with Gasteiger partial charge in [-0.1, -0.05) is 6.42 Å². The number of hydrogen-bond acceptors (Lipinski definition) is 4. The van der Waals surface area contributed by atoms with E-state index in [0.717, 1.165) is 6.42 Å². The predicted molar refractivity (Wildman–Crippen MR) is 72.6 cm³/mol. The lowest BCUT2D eigenvalue weighted by atomic mass is 9.69. The Morgan fingerprint density at radius 1 is 1.20 bits per heavy atom. The van der Waals surface area contributed by atoms with Crippen molar-refractivity contribution in [3.63, 3.8) is 0 Å². The molecule has 20 heavy (non-hydrogen) atoms. The summed E-state index contributed by atoms with van der Waals surface area (Å²) >= 11 is 0. The summed E-state index contributed by atoms with van der Waals surface area (Å²) in [6, 6.07) is -0.325. The number of carbonyl (C=O) groups is 2. The summed E-state index contributed by atoms with van der Waals surface area (Å²) in [7, 11) is 1.61. The maximum absolute atomic E-state index is 11.5. The Kier molecular flexibility index (Phi) is 7.32. The summed E-state index contributed by atoms with van der Waals surface area (Å²) < 4.78 is 10.1. The number of rotatable bonds is 10. The number of carboxylic acid groups (broad SMARTS) is 1. The van der Waals surface area contributed by atoms with Crippen LogP contribution in [0.25, 0.3) is 0 Å². The van der Waals surface area contributed by atoms with E-state index in [1.165, 1.54) is 0 Å². The third-order valence-electron chi connectivity index (χ3n) is 3.53. The summed E-state index contributed by atoms with van der Waals surface area (Å²) in [4.78, 5) is 22.6. The van der Waals surface area contributed by atoms with Gasteiger partial charge in [0.1, 0.15) is 0 Å². The number of ether oxygens (including phenoxy) is 2.